The molecule has 0 aromatic heterocycles. The van der Waals surface area contributed by atoms with Gasteiger partial charge in [-0.05, 0) is 48.3 Å². The molecule has 1 saturated heterocycles. The van der Waals surface area contributed by atoms with Crippen LogP contribution in [0.15, 0.2) is 0 Å². The zero-order chi connectivity index (χ0) is 26.4. The van der Waals surface area contributed by atoms with E-state index in [4.69, 9.17) is 9.47 Å². The average molecular weight is 515 g/mol. The highest BCUT2D eigenvalue weighted by atomic mass is 16.7. The van der Waals surface area contributed by atoms with Crippen LogP contribution in [0.2, 0.25) is 0 Å². The minimum atomic E-state index is -1.53. The molecule has 206 valence electrons. The number of aliphatic hydroxyl groups is 7. The first-order valence-electron chi connectivity index (χ1n) is 13.3. The summed E-state index contributed by atoms with van der Waals surface area (Å²) in [5.74, 6) is -1.70. The van der Waals surface area contributed by atoms with Crippen molar-refractivity contribution in [3.63, 3.8) is 0 Å². The van der Waals surface area contributed by atoms with Crippen LogP contribution in [0, 0.1) is 39.9 Å². The number of carbonyl (C=O) groups is 1. The average Bonchev–Trinajstić information content (AvgIpc) is 2.96. The maximum Gasteiger partial charge on any atom is 0.186 e. The molecule has 0 aromatic rings. The van der Waals surface area contributed by atoms with Crippen LogP contribution in [0.25, 0.3) is 0 Å². The highest BCUT2D eigenvalue weighted by Gasteiger charge is 2.76. The normalized spacial score (nSPS) is 58.9. The van der Waals surface area contributed by atoms with Gasteiger partial charge in [-0.15, -0.1) is 0 Å². The van der Waals surface area contributed by atoms with Crippen LogP contribution < -0.4 is 0 Å². The van der Waals surface area contributed by atoms with Crippen molar-refractivity contribution in [2.75, 3.05) is 13.2 Å². The Morgan fingerprint density at radius 1 is 0.972 bits per heavy atom. The standard InChI is InChI=1S/C26H42O10/c1-11-17-12(28)7-15-25(3)6-4-5-24(2,14(25)8-16(29)26(15,21(11)33)22(17)34)10-35-23-20(32)19(31)18(30)13(9-27)36-23/h11-20,22-23,27-32,34H,4-10H2,1-3H3/t11-,12+,13-,14-,15+,16-,17-,18+,19+,20-,22-,23-,24-,25-,26+/m1/s1. The van der Waals surface area contributed by atoms with Gasteiger partial charge in [0.25, 0.3) is 0 Å². The summed E-state index contributed by atoms with van der Waals surface area (Å²) < 4.78 is 11.5. The van der Waals surface area contributed by atoms with Gasteiger partial charge in [-0.1, -0.05) is 27.2 Å². The van der Waals surface area contributed by atoms with Crippen molar-refractivity contribution in [2.24, 2.45) is 39.9 Å². The van der Waals surface area contributed by atoms with Crippen molar-refractivity contribution < 1.29 is 50.0 Å². The van der Waals surface area contributed by atoms with Crippen molar-refractivity contribution in [1.29, 1.82) is 0 Å². The van der Waals surface area contributed by atoms with E-state index in [-0.39, 0.29) is 24.2 Å². The molecule has 4 aliphatic carbocycles. The van der Waals surface area contributed by atoms with Gasteiger partial charge in [0.15, 0.2) is 6.29 Å². The second-order valence-corrected chi connectivity index (χ2v) is 12.8. The van der Waals surface area contributed by atoms with Gasteiger partial charge in [-0.25, -0.2) is 0 Å². The molecule has 0 aromatic carbocycles. The number of Topliss-reactive ketones (excluding diaryl/α,β-unsaturated/α-hetero) is 1. The van der Waals surface area contributed by atoms with E-state index in [1.807, 2.05) is 6.92 Å². The van der Waals surface area contributed by atoms with E-state index in [0.717, 1.165) is 19.3 Å². The van der Waals surface area contributed by atoms with Gasteiger partial charge in [0.1, 0.15) is 30.2 Å². The number of ketones is 1. The zero-order valence-corrected chi connectivity index (χ0v) is 21.2. The molecule has 1 spiro atoms. The van der Waals surface area contributed by atoms with Crippen molar-refractivity contribution in [3.8, 4) is 0 Å². The van der Waals surface area contributed by atoms with Gasteiger partial charge < -0.3 is 45.2 Å². The van der Waals surface area contributed by atoms with E-state index < -0.39 is 83.7 Å². The third kappa shape index (κ3) is 3.39. The number of fused-ring (bicyclic) bond motifs is 3. The maximum absolute atomic E-state index is 13.6. The summed E-state index contributed by atoms with van der Waals surface area (Å²) in [6, 6.07) is 0. The maximum atomic E-state index is 13.6. The second kappa shape index (κ2) is 8.93. The molecule has 0 unspecified atom stereocenters. The third-order valence-electron chi connectivity index (χ3n) is 11.1. The first-order valence-corrected chi connectivity index (χ1v) is 13.3. The van der Waals surface area contributed by atoms with Crippen LogP contribution in [-0.2, 0) is 14.3 Å². The highest BCUT2D eigenvalue weighted by molar-refractivity contribution is 5.92. The fourth-order valence-corrected chi connectivity index (χ4v) is 9.29. The molecular formula is C26H42O10. The summed E-state index contributed by atoms with van der Waals surface area (Å²) in [6.45, 7) is 5.48. The zero-order valence-electron chi connectivity index (χ0n) is 21.2. The minimum Gasteiger partial charge on any atom is -0.394 e. The van der Waals surface area contributed by atoms with Gasteiger partial charge in [0, 0.05) is 11.8 Å². The molecule has 10 heteroatoms. The number of carbonyl (C=O) groups excluding carboxylic acids is 1. The number of rotatable bonds is 4. The molecule has 36 heavy (non-hydrogen) atoms. The van der Waals surface area contributed by atoms with Crippen molar-refractivity contribution in [1.82, 2.24) is 0 Å². The van der Waals surface area contributed by atoms with Crippen LogP contribution in [0.4, 0.5) is 0 Å². The van der Waals surface area contributed by atoms with Crippen molar-refractivity contribution in [2.45, 2.75) is 102 Å². The lowest BCUT2D eigenvalue weighted by Crippen LogP contribution is -2.69. The number of ether oxygens (including phenoxy) is 2. The lowest BCUT2D eigenvalue weighted by Gasteiger charge is -2.66. The first-order chi connectivity index (χ1) is 16.8. The predicted octanol–water partition coefficient (Wildman–Crippen LogP) is -1.06. The van der Waals surface area contributed by atoms with Gasteiger partial charge in [-0.2, -0.15) is 0 Å². The minimum absolute atomic E-state index is 0.103. The Morgan fingerprint density at radius 2 is 1.67 bits per heavy atom. The van der Waals surface area contributed by atoms with E-state index in [2.05, 4.69) is 6.92 Å². The molecule has 4 saturated carbocycles. The van der Waals surface area contributed by atoms with E-state index in [9.17, 15) is 40.5 Å². The van der Waals surface area contributed by atoms with E-state index in [0.29, 0.717) is 12.8 Å². The van der Waals surface area contributed by atoms with Crippen LogP contribution >= 0.6 is 0 Å². The molecule has 15 atom stereocenters. The molecule has 10 nitrogen and oxygen atoms in total. The van der Waals surface area contributed by atoms with Crippen molar-refractivity contribution in [3.05, 3.63) is 0 Å². The van der Waals surface area contributed by atoms with Gasteiger partial charge in [0.05, 0.1) is 36.9 Å². The fourth-order valence-electron chi connectivity index (χ4n) is 9.29. The molecule has 2 bridgehead atoms. The Balaban J connectivity index is 1.42. The van der Waals surface area contributed by atoms with Gasteiger partial charge in [0.2, 0.25) is 0 Å². The Morgan fingerprint density at radius 3 is 2.33 bits per heavy atom. The van der Waals surface area contributed by atoms with Crippen LogP contribution in [0.5, 0.6) is 0 Å². The lowest BCUT2D eigenvalue weighted by molar-refractivity contribution is -0.312. The third-order valence-corrected chi connectivity index (χ3v) is 11.1. The van der Waals surface area contributed by atoms with Crippen LogP contribution in [0.1, 0.15) is 52.9 Å². The summed E-state index contributed by atoms with van der Waals surface area (Å²) in [7, 11) is 0. The highest BCUT2D eigenvalue weighted by Crippen LogP contribution is 2.71. The molecule has 0 radical (unpaired) electrons. The summed E-state index contributed by atoms with van der Waals surface area (Å²) in [5, 5.41) is 74.0. The molecule has 0 amide bonds. The summed E-state index contributed by atoms with van der Waals surface area (Å²) >= 11 is 0. The topological polar surface area (TPSA) is 177 Å². The Kier molecular flexibility index (Phi) is 6.67. The second-order valence-electron chi connectivity index (χ2n) is 12.8. The molecule has 5 fully saturated rings. The molecule has 5 aliphatic rings. The van der Waals surface area contributed by atoms with Crippen LogP contribution in [0.3, 0.4) is 0 Å². The van der Waals surface area contributed by atoms with Crippen LogP contribution in [-0.4, -0.2) is 104 Å². The Bertz CT molecular complexity index is 868. The number of aliphatic hydroxyl groups excluding tert-OH is 7. The summed E-state index contributed by atoms with van der Waals surface area (Å²) in [5.41, 5.74) is -2.21. The number of hydrogen-bond donors (Lipinski definition) is 7. The summed E-state index contributed by atoms with van der Waals surface area (Å²) in [6.07, 6.45) is -6.74. The predicted molar refractivity (Wildman–Crippen MR) is 124 cm³/mol. The molecule has 1 aliphatic heterocycles. The van der Waals surface area contributed by atoms with Gasteiger partial charge in [-0.3, -0.25) is 4.79 Å². The van der Waals surface area contributed by atoms with E-state index in [1.165, 1.54) is 0 Å². The molecular weight excluding hydrogens is 472 g/mol. The smallest absolute Gasteiger partial charge is 0.186 e. The van der Waals surface area contributed by atoms with E-state index >= 15 is 0 Å². The fraction of sp³-hybridized carbons (Fsp3) is 0.962. The van der Waals surface area contributed by atoms with E-state index in [1.54, 1.807) is 6.92 Å². The largest absolute Gasteiger partial charge is 0.394 e. The van der Waals surface area contributed by atoms with Crippen molar-refractivity contribution >= 4 is 5.78 Å². The molecule has 7 N–H and O–H groups in total. The number of hydrogen-bond acceptors (Lipinski definition) is 10. The Labute approximate surface area is 211 Å². The first kappa shape index (κ1) is 26.9. The van der Waals surface area contributed by atoms with Gasteiger partial charge >= 0.3 is 0 Å². The SMILES string of the molecule is C[C@H]1C(=O)[C@@]23[C@H](O)C[C@@H]4[C@@](C)(CO[C@@H]5O[C@H](CO)[C@H](O)[C@H](O)[C@H]5O)CCC[C@@]4(C)[C@@H]2C[C@H](O)[C@@H]1[C@H]3O. The monoisotopic (exact) mass is 514 g/mol. The molecule has 1 heterocycles. The quantitative estimate of drug-likeness (QED) is 0.245. The summed E-state index contributed by atoms with van der Waals surface area (Å²) in [4.78, 5) is 13.6. The Hall–Kier alpha value is -0.690. The lowest BCUT2D eigenvalue weighted by atomic mass is 9.39. The molecule has 5 rings (SSSR count).